The summed E-state index contributed by atoms with van der Waals surface area (Å²) in [4.78, 5) is 9.27. The van der Waals surface area contributed by atoms with Crippen LogP contribution in [0, 0.1) is 0 Å². The second-order valence-electron chi connectivity index (χ2n) is 8.78. The molecule has 170 valence electrons. The van der Waals surface area contributed by atoms with Gasteiger partial charge in [-0.25, -0.2) is 9.97 Å². The van der Waals surface area contributed by atoms with Gasteiger partial charge in [-0.3, -0.25) is 4.40 Å². The van der Waals surface area contributed by atoms with Crippen LogP contribution in [0.1, 0.15) is 42.6 Å². The van der Waals surface area contributed by atoms with Crippen molar-refractivity contribution in [3.8, 4) is 11.3 Å². The lowest BCUT2D eigenvalue weighted by Gasteiger charge is -2.27. The number of benzene rings is 2. The summed E-state index contributed by atoms with van der Waals surface area (Å²) in [6.45, 7) is 2.34. The Morgan fingerprint density at radius 1 is 1.09 bits per heavy atom. The first-order valence-electron chi connectivity index (χ1n) is 11.2. The number of imidazole rings is 1. The van der Waals surface area contributed by atoms with Gasteiger partial charge in [-0.05, 0) is 30.9 Å². The van der Waals surface area contributed by atoms with Crippen LogP contribution < -0.4 is 5.73 Å². The Labute approximate surface area is 192 Å². The molecule has 1 saturated heterocycles. The topological polar surface area (TPSA) is 106 Å². The zero-order valence-electron chi connectivity index (χ0n) is 18.6. The van der Waals surface area contributed by atoms with Crippen molar-refractivity contribution in [2.24, 2.45) is 0 Å². The first-order chi connectivity index (χ1) is 16.0. The van der Waals surface area contributed by atoms with E-state index in [1.54, 1.807) is 13.1 Å². The standard InChI is InChI=1S/C26H28N4O3/c1-26(32,19-5-3-2-4-6-19)20-10-7-17(8-11-20)22-23-24(27)28-13-14-30(23)25(29-22)18-9-12-21(15-31)33-16-18/h2-8,10-11,13-14,18,21,31-32H,9,12,15-16H2,1H3,(H2,27,28). The Morgan fingerprint density at radius 2 is 1.82 bits per heavy atom. The maximum absolute atomic E-state index is 11.2. The fourth-order valence-corrected chi connectivity index (χ4v) is 4.61. The molecule has 0 aliphatic carbocycles. The van der Waals surface area contributed by atoms with Gasteiger partial charge in [0.05, 0.1) is 19.3 Å². The molecular weight excluding hydrogens is 416 g/mol. The molecule has 0 bridgehead atoms. The number of hydrogen-bond donors (Lipinski definition) is 3. The molecule has 3 heterocycles. The van der Waals surface area contributed by atoms with E-state index >= 15 is 0 Å². The van der Waals surface area contributed by atoms with Crippen LogP contribution in [-0.2, 0) is 10.3 Å². The highest BCUT2D eigenvalue weighted by Crippen LogP contribution is 2.36. The third kappa shape index (κ3) is 3.88. The van der Waals surface area contributed by atoms with Gasteiger partial charge in [-0.2, -0.15) is 0 Å². The molecular formula is C26H28N4O3. The van der Waals surface area contributed by atoms with Gasteiger partial charge in [0, 0.05) is 23.9 Å². The molecule has 0 radical (unpaired) electrons. The number of fused-ring (bicyclic) bond motifs is 1. The molecule has 0 spiro atoms. The molecule has 3 unspecified atom stereocenters. The van der Waals surface area contributed by atoms with E-state index in [2.05, 4.69) is 4.98 Å². The van der Waals surface area contributed by atoms with Crippen molar-refractivity contribution in [1.82, 2.24) is 14.4 Å². The summed E-state index contributed by atoms with van der Waals surface area (Å²) < 4.78 is 7.80. The fourth-order valence-electron chi connectivity index (χ4n) is 4.61. The highest BCUT2D eigenvalue weighted by molar-refractivity contribution is 5.85. The first-order valence-corrected chi connectivity index (χ1v) is 11.2. The molecule has 0 saturated carbocycles. The molecule has 5 rings (SSSR count). The van der Waals surface area contributed by atoms with E-state index in [1.165, 1.54) is 0 Å². The minimum absolute atomic E-state index is 0.0380. The summed E-state index contributed by atoms with van der Waals surface area (Å²) in [6.07, 6.45) is 5.12. The Bertz CT molecular complexity index is 1240. The average molecular weight is 445 g/mol. The van der Waals surface area contributed by atoms with Crippen LogP contribution in [0.2, 0.25) is 0 Å². The zero-order valence-corrected chi connectivity index (χ0v) is 18.6. The molecule has 33 heavy (non-hydrogen) atoms. The SMILES string of the molecule is CC(O)(c1ccccc1)c1ccc(-c2nc(C3CCC(CO)OC3)n3ccnc(N)c23)cc1. The van der Waals surface area contributed by atoms with Crippen LogP contribution in [0.15, 0.2) is 67.0 Å². The van der Waals surface area contributed by atoms with E-state index in [0.29, 0.717) is 12.4 Å². The number of hydrogen-bond acceptors (Lipinski definition) is 6. The van der Waals surface area contributed by atoms with Crippen molar-refractivity contribution in [3.63, 3.8) is 0 Å². The van der Waals surface area contributed by atoms with Crippen molar-refractivity contribution < 1.29 is 14.9 Å². The second-order valence-corrected chi connectivity index (χ2v) is 8.78. The highest BCUT2D eigenvalue weighted by atomic mass is 16.5. The zero-order chi connectivity index (χ0) is 23.0. The number of aliphatic hydroxyl groups is 2. The van der Waals surface area contributed by atoms with Crippen LogP contribution >= 0.6 is 0 Å². The molecule has 4 aromatic rings. The van der Waals surface area contributed by atoms with Crippen LogP contribution in [0.5, 0.6) is 0 Å². The largest absolute Gasteiger partial charge is 0.394 e. The lowest BCUT2D eigenvalue weighted by atomic mass is 9.87. The van der Waals surface area contributed by atoms with Gasteiger partial charge in [0.1, 0.15) is 28.5 Å². The molecule has 0 amide bonds. The van der Waals surface area contributed by atoms with Gasteiger partial charge in [0.2, 0.25) is 0 Å². The lowest BCUT2D eigenvalue weighted by Crippen LogP contribution is -2.28. The summed E-state index contributed by atoms with van der Waals surface area (Å²) in [7, 11) is 0. The minimum atomic E-state index is -1.11. The molecule has 3 atom stereocenters. The molecule has 2 aromatic heterocycles. The third-order valence-corrected chi connectivity index (χ3v) is 6.61. The van der Waals surface area contributed by atoms with Crippen molar-refractivity contribution in [3.05, 3.63) is 83.9 Å². The van der Waals surface area contributed by atoms with E-state index in [0.717, 1.165) is 46.6 Å². The number of nitrogens with zero attached hydrogens (tertiary/aromatic N) is 3. The number of anilines is 1. The number of nitrogens with two attached hydrogens (primary N) is 1. The molecule has 4 N–H and O–H groups in total. The lowest BCUT2D eigenvalue weighted by molar-refractivity contribution is -0.0282. The normalized spacial score (nSPS) is 20.6. The van der Waals surface area contributed by atoms with Gasteiger partial charge in [0.25, 0.3) is 0 Å². The monoisotopic (exact) mass is 444 g/mol. The summed E-state index contributed by atoms with van der Waals surface area (Å²) in [5.74, 6) is 1.40. The van der Waals surface area contributed by atoms with Gasteiger partial charge in [0.15, 0.2) is 0 Å². The van der Waals surface area contributed by atoms with E-state index in [1.807, 2.05) is 65.2 Å². The maximum Gasteiger partial charge on any atom is 0.150 e. The first kappa shape index (κ1) is 21.6. The number of rotatable bonds is 5. The average Bonchev–Trinajstić information content (AvgIpc) is 3.26. The van der Waals surface area contributed by atoms with Crippen LogP contribution in [-0.4, -0.2) is 43.9 Å². The fraction of sp³-hybridized carbons (Fsp3) is 0.308. The quantitative estimate of drug-likeness (QED) is 0.435. The van der Waals surface area contributed by atoms with Crippen molar-refractivity contribution in [2.75, 3.05) is 18.9 Å². The Kier molecular flexibility index (Phi) is 5.62. The number of aliphatic hydroxyl groups excluding tert-OH is 1. The summed E-state index contributed by atoms with van der Waals surface area (Å²) in [5.41, 5.74) is 9.22. The van der Waals surface area contributed by atoms with Crippen LogP contribution in [0.25, 0.3) is 16.8 Å². The Hall–Kier alpha value is -3.26. The molecule has 1 fully saturated rings. The molecule has 1 aliphatic rings. The number of ether oxygens (including phenoxy) is 1. The van der Waals surface area contributed by atoms with Gasteiger partial charge in [-0.1, -0.05) is 54.6 Å². The highest BCUT2D eigenvalue weighted by Gasteiger charge is 2.29. The van der Waals surface area contributed by atoms with Gasteiger partial charge >= 0.3 is 0 Å². The van der Waals surface area contributed by atoms with Crippen LogP contribution in [0.4, 0.5) is 5.82 Å². The Balaban J connectivity index is 1.53. The summed E-state index contributed by atoms with van der Waals surface area (Å²) >= 11 is 0. The van der Waals surface area contributed by atoms with E-state index < -0.39 is 5.60 Å². The summed E-state index contributed by atoms with van der Waals surface area (Å²) in [6, 6.07) is 17.4. The molecule has 7 nitrogen and oxygen atoms in total. The van der Waals surface area contributed by atoms with E-state index in [4.69, 9.17) is 15.5 Å². The Morgan fingerprint density at radius 3 is 2.48 bits per heavy atom. The van der Waals surface area contributed by atoms with Crippen molar-refractivity contribution in [1.29, 1.82) is 0 Å². The second kappa shape index (κ2) is 8.59. The predicted molar refractivity (Wildman–Crippen MR) is 127 cm³/mol. The van der Waals surface area contributed by atoms with Crippen molar-refractivity contribution >= 4 is 11.3 Å². The van der Waals surface area contributed by atoms with Gasteiger partial charge in [-0.15, -0.1) is 0 Å². The molecule has 1 aliphatic heterocycles. The maximum atomic E-state index is 11.2. The molecule has 7 heteroatoms. The smallest absolute Gasteiger partial charge is 0.150 e. The molecule has 2 aromatic carbocycles. The van der Waals surface area contributed by atoms with Gasteiger partial charge < -0.3 is 20.7 Å². The van der Waals surface area contributed by atoms with E-state index in [-0.39, 0.29) is 18.6 Å². The minimum Gasteiger partial charge on any atom is -0.394 e. The third-order valence-electron chi connectivity index (χ3n) is 6.61. The predicted octanol–water partition coefficient (Wildman–Crippen LogP) is 3.49. The summed E-state index contributed by atoms with van der Waals surface area (Å²) in [5, 5.41) is 20.5. The van der Waals surface area contributed by atoms with E-state index in [9.17, 15) is 10.2 Å². The van der Waals surface area contributed by atoms with Crippen LogP contribution in [0.3, 0.4) is 0 Å². The van der Waals surface area contributed by atoms with Crippen molar-refractivity contribution in [2.45, 2.75) is 37.4 Å². The number of nitrogen functional groups attached to an aromatic ring is 1. The number of aromatic nitrogens is 3.